The molecule has 0 aromatic heterocycles. The van der Waals surface area contributed by atoms with E-state index in [9.17, 15) is 18.0 Å². The minimum atomic E-state index is -4.37. The number of hydrogen-bond donors (Lipinski definition) is 0. The van der Waals surface area contributed by atoms with Crippen LogP contribution in [0.15, 0.2) is 24.3 Å². The van der Waals surface area contributed by atoms with Crippen molar-refractivity contribution >= 4 is 21.8 Å². The summed E-state index contributed by atoms with van der Waals surface area (Å²) in [4.78, 5) is 14.2. The number of halogens is 4. The van der Waals surface area contributed by atoms with E-state index in [0.717, 1.165) is 25.0 Å². The van der Waals surface area contributed by atoms with E-state index in [1.54, 1.807) is 4.90 Å². The second-order valence-corrected chi connectivity index (χ2v) is 5.84. The Balaban J connectivity index is 2.08. The van der Waals surface area contributed by atoms with Gasteiger partial charge in [0.1, 0.15) is 0 Å². The van der Waals surface area contributed by atoms with Gasteiger partial charge in [0.05, 0.1) is 5.56 Å². The van der Waals surface area contributed by atoms with Crippen molar-refractivity contribution in [3.8, 4) is 0 Å². The van der Waals surface area contributed by atoms with E-state index in [1.807, 2.05) is 0 Å². The van der Waals surface area contributed by atoms with E-state index in [0.29, 0.717) is 23.5 Å². The zero-order valence-electron chi connectivity index (χ0n) is 10.1. The number of rotatable bonds is 1. The van der Waals surface area contributed by atoms with Crippen LogP contribution in [0, 0.1) is 0 Å². The number of carbonyl (C=O) groups excluding carboxylic acids is 1. The topological polar surface area (TPSA) is 20.3 Å². The number of hydrogen-bond acceptors (Lipinski definition) is 1. The summed E-state index contributed by atoms with van der Waals surface area (Å²) >= 11 is 3.49. The monoisotopic (exact) mass is 335 g/mol. The van der Waals surface area contributed by atoms with E-state index >= 15 is 0 Å². The van der Waals surface area contributed by atoms with Crippen LogP contribution in [0.4, 0.5) is 13.2 Å². The van der Waals surface area contributed by atoms with Gasteiger partial charge in [0.25, 0.3) is 5.91 Å². The van der Waals surface area contributed by atoms with Gasteiger partial charge in [-0.05, 0) is 37.1 Å². The van der Waals surface area contributed by atoms with E-state index in [-0.39, 0.29) is 5.91 Å². The summed E-state index contributed by atoms with van der Waals surface area (Å²) in [6.07, 6.45) is -2.63. The molecule has 1 aliphatic rings. The quantitative estimate of drug-likeness (QED) is 0.716. The Hall–Kier alpha value is -1.04. The summed E-state index contributed by atoms with van der Waals surface area (Å²) in [5.74, 6) is -0.201. The number of piperidine rings is 1. The Labute approximate surface area is 117 Å². The Bertz CT molecular complexity index is 450. The molecule has 19 heavy (non-hydrogen) atoms. The van der Waals surface area contributed by atoms with E-state index in [2.05, 4.69) is 15.9 Å². The standard InChI is InChI=1S/C13H13BrF3NO/c14-11-5-7-18(8-6-11)12(19)9-1-3-10(4-2-9)13(15,16)17/h1-4,11H,5-8H2. The predicted octanol–water partition coefficient (Wildman–Crippen LogP) is 3.70. The highest BCUT2D eigenvalue weighted by Gasteiger charge is 2.30. The maximum absolute atomic E-state index is 12.4. The van der Waals surface area contributed by atoms with Gasteiger partial charge < -0.3 is 4.90 Å². The minimum Gasteiger partial charge on any atom is -0.339 e. The third kappa shape index (κ3) is 3.49. The highest BCUT2D eigenvalue weighted by atomic mass is 79.9. The molecule has 0 bridgehead atoms. The second-order valence-electron chi connectivity index (χ2n) is 4.54. The van der Waals surface area contributed by atoms with Crippen molar-refractivity contribution in [2.45, 2.75) is 23.8 Å². The first-order chi connectivity index (χ1) is 8.88. The van der Waals surface area contributed by atoms with Crippen LogP contribution in [0.2, 0.25) is 0 Å². The molecule has 1 aromatic rings. The van der Waals surface area contributed by atoms with Crippen molar-refractivity contribution in [2.24, 2.45) is 0 Å². The van der Waals surface area contributed by atoms with Crippen LogP contribution in [-0.4, -0.2) is 28.7 Å². The zero-order valence-corrected chi connectivity index (χ0v) is 11.7. The Morgan fingerprint density at radius 1 is 1.16 bits per heavy atom. The predicted molar refractivity (Wildman–Crippen MR) is 69.3 cm³/mol. The zero-order chi connectivity index (χ0) is 14.0. The average molecular weight is 336 g/mol. The Morgan fingerprint density at radius 3 is 2.16 bits per heavy atom. The van der Waals surface area contributed by atoms with Crippen LogP contribution in [0.1, 0.15) is 28.8 Å². The van der Waals surface area contributed by atoms with Crippen LogP contribution < -0.4 is 0 Å². The van der Waals surface area contributed by atoms with Crippen molar-refractivity contribution in [3.63, 3.8) is 0 Å². The summed E-state index contributed by atoms with van der Waals surface area (Å²) in [7, 11) is 0. The van der Waals surface area contributed by atoms with Crippen LogP contribution in [-0.2, 0) is 6.18 Å². The van der Waals surface area contributed by atoms with Gasteiger partial charge in [-0.1, -0.05) is 15.9 Å². The number of likely N-dealkylation sites (tertiary alicyclic amines) is 1. The first kappa shape index (κ1) is 14.4. The molecule has 0 aliphatic carbocycles. The van der Waals surface area contributed by atoms with Gasteiger partial charge in [-0.3, -0.25) is 4.79 Å². The summed E-state index contributed by atoms with van der Waals surface area (Å²) in [5, 5.41) is 0. The van der Waals surface area contributed by atoms with Crippen molar-refractivity contribution in [1.29, 1.82) is 0 Å². The number of nitrogens with zero attached hydrogens (tertiary/aromatic N) is 1. The normalized spacial score (nSPS) is 17.6. The summed E-state index contributed by atoms with van der Waals surface area (Å²) < 4.78 is 37.3. The van der Waals surface area contributed by atoms with Gasteiger partial charge in [-0.2, -0.15) is 13.2 Å². The first-order valence-electron chi connectivity index (χ1n) is 5.98. The van der Waals surface area contributed by atoms with E-state index in [1.165, 1.54) is 12.1 Å². The SMILES string of the molecule is O=C(c1ccc(C(F)(F)F)cc1)N1CCC(Br)CC1. The molecule has 1 aliphatic heterocycles. The molecule has 0 N–H and O–H groups in total. The second kappa shape index (κ2) is 5.53. The third-order valence-electron chi connectivity index (χ3n) is 3.17. The van der Waals surface area contributed by atoms with Gasteiger partial charge >= 0.3 is 6.18 Å². The molecule has 0 radical (unpaired) electrons. The molecular weight excluding hydrogens is 323 g/mol. The molecule has 1 amide bonds. The lowest BCUT2D eigenvalue weighted by Crippen LogP contribution is -2.38. The fourth-order valence-electron chi connectivity index (χ4n) is 2.04. The molecule has 0 saturated carbocycles. The molecule has 2 nitrogen and oxygen atoms in total. The molecule has 104 valence electrons. The number of benzene rings is 1. The summed E-state index contributed by atoms with van der Waals surface area (Å²) in [6, 6.07) is 4.38. The molecule has 1 saturated heterocycles. The van der Waals surface area contributed by atoms with Crippen LogP contribution in [0.25, 0.3) is 0 Å². The molecule has 1 heterocycles. The van der Waals surface area contributed by atoms with Crippen molar-refractivity contribution < 1.29 is 18.0 Å². The highest BCUT2D eigenvalue weighted by Crippen LogP contribution is 2.29. The van der Waals surface area contributed by atoms with Crippen LogP contribution >= 0.6 is 15.9 Å². The van der Waals surface area contributed by atoms with Crippen LogP contribution in [0.5, 0.6) is 0 Å². The van der Waals surface area contributed by atoms with Gasteiger partial charge in [0.15, 0.2) is 0 Å². The van der Waals surface area contributed by atoms with Crippen molar-refractivity contribution in [2.75, 3.05) is 13.1 Å². The molecule has 1 fully saturated rings. The molecule has 0 unspecified atom stereocenters. The van der Waals surface area contributed by atoms with Gasteiger partial charge in [0.2, 0.25) is 0 Å². The van der Waals surface area contributed by atoms with E-state index in [4.69, 9.17) is 0 Å². The maximum Gasteiger partial charge on any atom is 0.416 e. The van der Waals surface area contributed by atoms with Gasteiger partial charge in [0, 0.05) is 23.5 Å². The Morgan fingerprint density at radius 2 is 1.68 bits per heavy atom. The largest absolute Gasteiger partial charge is 0.416 e. The molecular formula is C13H13BrF3NO. The van der Waals surface area contributed by atoms with E-state index < -0.39 is 11.7 Å². The molecule has 6 heteroatoms. The Kier molecular flexibility index (Phi) is 4.18. The van der Waals surface area contributed by atoms with Crippen molar-refractivity contribution in [1.82, 2.24) is 4.90 Å². The lowest BCUT2D eigenvalue weighted by atomic mass is 10.1. The number of amides is 1. The van der Waals surface area contributed by atoms with Crippen molar-refractivity contribution in [3.05, 3.63) is 35.4 Å². The van der Waals surface area contributed by atoms with Gasteiger partial charge in [-0.25, -0.2) is 0 Å². The van der Waals surface area contributed by atoms with Gasteiger partial charge in [-0.15, -0.1) is 0 Å². The number of carbonyl (C=O) groups is 1. The average Bonchev–Trinajstić information content (AvgIpc) is 2.38. The fraction of sp³-hybridized carbons (Fsp3) is 0.462. The lowest BCUT2D eigenvalue weighted by molar-refractivity contribution is -0.137. The lowest BCUT2D eigenvalue weighted by Gasteiger charge is -2.29. The molecule has 0 atom stereocenters. The van der Waals surface area contributed by atoms with Crippen LogP contribution in [0.3, 0.4) is 0 Å². The third-order valence-corrected chi connectivity index (χ3v) is 4.09. The number of alkyl halides is 4. The smallest absolute Gasteiger partial charge is 0.339 e. The first-order valence-corrected chi connectivity index (χ1v) is 6.90. The maximum atomic E-state index is 12.4. The minimum absolute atomic E-state index is 0.201. The highest BCUT2D eigenvalue weighted by molar-refractivity contribution is 9.09. The summed E-state index contributed by atoms with van der Waals surface area (Å²) in [6.45, 7) is 1.27. The molecule has 0 spiro atoms. The fourth-order valence-corrected chi connectivity index (χ4v) is 2.44. The molecule has 2 rings (SSSR count). The summed E-state index contributed by atoms with van der Waals surface area (Å²) in [5.41, 5.74) is -0.427. The molecule has 1 aromatic carbocycles.